The van der Waals surface area contributed by atoms with E-state index in [0.29, 0.717) is 12.0 Å². The number of ether oxygens (including phenoxy) is 1. The summed E-state index contributed by atoms with van der Waals surface area (Å²) in [5, 5.41) is 0. The summed E-state index contributed by atoms with van der Waals surface area (Å²) in [6.07, 6.45) is 5.71. The summed E-state index contributed by atoms with van der Waals surface area (Å²) in [4.78, 5) is 12.5. The van der Waals surface area contributed by atoms with Crippen LogP contribution in [0.1, 0.15) is 85.0 Å². The summed E-state index contributed by atoms with van der Waals surface area (Å²) in [5.74, 6) is -1.13. The molecule has 0 aromatic heterocycles. The predicted molar refractivity (Wildman–Crippen MR) is 132 cm³/mol. The highest BCUT2D eigenvalue weighted by Gasteiger charge is 2.31. The minimum absolute atomic E-state index is 0.117. The Morgan fingerprint density at radius 2 is 1.61 bits per heavy atom. The topological polar surface area (TPSA) is 26.3 Å². The van der Waals surface area contributed by atoms with E-state index >= 15 is 4.39 Å². The van der Waals surface area contributed by atoms with Crippen LogP contribution in [0.3, 0.4) is 0 Å². The van der Waals surface area contributed by atoms with Gasteiger partial charge in [-0.15, -0.1) is 0 Å². The van der Waals surface area contributed by atoms with Gasteiger partial charge in [0.05, 0.1) is 5.56 Å². The summed E-state index contributed by atoms with van der Waals surface area (Å²) >= 11 is 0. The number of aryl methyl sites for hydroxylation is 1. The lowest BCUT2D eigenvalue weighted by Crippen LogP contribution is -2.29. The van der Waals surface area contributed by atoms with Crippen LogP contribution < -0.4 is 0 Å². The SMILES string of the molecule is CCCCc1ccc(-c2ccc(C(C)c3ccc4c(c3F)C(=O)OC(CCC)C4)cc2)cc1. The standard InChI is InChI=1S/C30H33FO2/c1-4-6-8-21-9-11-23(12-10-21)24-15-13-22(14-16-24)20(3)27-18-17-25-19-26(7-5-2)33-30(32)28(25)29(27)31/h9-18,20,26H,4-8,19H2,1-3H3. The summed E-state index contributed by atoms with van der Waals surface area (Å²) in [6, 6.07) is 20.8. The second kappa shape index (κ2) is 10.3. The molecule has 0 radical (unpaired) electrons. The number of rotatable bonds is 8. The molecule has 0 saturated carbocycles. The van der Waals surface area contributed by atoms with Crippen molar-refractivity contribution in [1.29, 1.82) is 0 Å². The molecule has 2 atom stereocenters. The van der Waals surface area contributed by atoms with E-state index in [1.807, 2.05) is 19.1 Å². The van der Waals surface area contributed by atoms with Gasteiger partial charge in [0.1, 0.15) is 11.9 Å². The monoisotopic (exact) mass is 444 g/mol. The number of cyclic esters (lactones) is 1. The zero-order valence-corrected chi connectivity index (χ0v) is 19.9. The maximum atomic E-state index is 15.4. The van der Waals surface area contributed by atoms with E-state index in [1.54, 1.807) is 0 Å². The largest absolute Gasteiger partial charge is 0.458 e. The zero-order valence-electron chi connectivity index (χ0n) is 19.9. The molecule has 1 aliphatic rings. The normalized spacial score (nSPS) is 16.2. The molecule has 3 aromatic carbocycles. The van der Waals surface area contributed by atoms with Crippen molar-refractivity contribution >= 4 is 5.97 Å². The minimum atomic E-state index is -0.529. The van der Waals surface area contributed by atoms with Gasteiger partial charge in [-0.2, -0.15) is 0 Å². The fourth-order valence-corrected chi connectivity index (χ4v) is 4.73. The molecule has 0 saturated heterocycles. The fourth-order valence-electron chi connectivity index (χ4n) is 4.73. The Balaban J connectivity index is 1.53. The summed E-state index contributed by atoms with van der Waals surface area (Å²) in [7, 11) is 0. The third-order valence-corrected chi connectivity index (χ3v) is 6.78. The van der Waals surface area contributed by atoms with Gasteiger partial charge in [-0.05, 0) is 52.6 Å². The van der Waals surface area contributed by atoms with E-state index in [9.17, 15) is 4.79 Å². The summed E-state index contributed by atoms with van der Waals surface area (Å²) in [6.45, 7) is 6.25. The van der Waals surface area contributed by atoms with Crippen LogP contribution in [0.2, 0.25) is 0 Å². The van der Waals surface area contributed by atoms with Gasteiger partial charge in [0.15, 0.2) is 0 Å². The molecule has 2 nitrogen and oxygen atoms in total. The van der Waals surface area contributed by atoms with Crippen LogP contribution in [0.4, 0.5) is 4.39 Å². The number of carbonyl (C=O) groups is 1. The molecule has 3 aromatic rings. The Morgan fingerprint density at radius 1 is 0.939 bits per heavy atom. The number of hydrogen-bond acceptors (Lipinski definition) is 2. The highest BCUT2D eigenvalue weighted by molar-refractivity contribution is 5.93. The van der Waals surface area contributed by atoms with E-state index < -0.39 is 11.8 Å². The smallest absolute Gasteiger partial charge is 0.341 e. The van der Waals surface area contributed by atoms with E-state index in [0.717, 1.165) is 36.0 Å². The molecule has 1 heterocycles. The number of esters is 1. The average Bonchev–Trinajstić information content (AvgIpc) is 2.83. The first kappa shape index (κ1) is 23.2. The maximum Gasteiger partial charge on any atom is 0.341 e. The number of carbonyl (C=O) groups excluding carboxylic acids is 1. The first-order valence-corrected chi connectivity index (χ1v) is 12.2. The Kier molecular flexibility index (Phi) is 7.27. The second-order valence-electron chi connectivity index (χ2n) is 9.17. The van der Waals surface area contributed by atoms with Gasteiger partial charge in [-0.1, -0.05) is 94.3 Å². The van der Waals surface area contributed by atoms with Crippen molar-refractivity contribution in [2.45, 2.75) is 71.3 Å². The molecule has 33 heavy (non-hydrogen) atoms. The van der Waals surface area contributed by atoms with Crippen LogP contribution >= 0.6 is 0 Å². The van der Waals surface area contributed by atoms with Crippen molar-refractivity contribution in [3.63, 3.8) is 0 Å². The third kappa shape index (κ3) is 5.03. The van der Waals surface area contributed by atoms with Gasteiger partial charge >= 0.3 is 5.97 Å². The Morgan fingerprint density at radius 3 is 2.24 bits per heavy atom. The number of benzene rings is 3. The fraction of sp³-hybridized carbons (Fsp3) is 0.367. The van der Waals surface area contributed by atoms with E-state index in [1.165, 1.54) is 24.0 Å². The van der Waals surface area contributed by atoms with Crippen molar-refractivity contribution in [2.75, 3.05) is 0 Å². The lowest BCUT2D eigenvalue weighted by molar-refractivity contribution is 0.0229. The molecule has 4 rings (SSSR count). The summed E-state index contributed by atoms with van der Waals surface area (Å²) in [5.41, 5.74) is 6.12. The van der Waals surface area contributed by atoms with Crippen LogP contribution in [-0.2, 0) is 17.6 Å². The van der Waals surface area contributed by atoms with Gasteiger partial charge in [0.25, 0.3) is 0 Å². The van der Waals surface area contributed by atoms with Gasteiger partial charge in [-0.3, -0.25) is 0 Å². The molecule has 0 aliphatic carbocycles. The van der Waals surface area contributed by atoms with Crippen LogP contribution in [0, 0.1) is 5.82 Å². The van der Waals surface area contributed by atoms with Gasteiger partial charge in [0, 0.05) is 12.3 Å². The molecule has 0 fully saturated rings. The molecule has 0 spiro atoms. The lowest BCUT2D eigenvalue weighted by atomic mass is 9.87. The molecule has 0 amide bonds. The Bertz CT molecular complexity index is 1100. The van der Waals surface area contributed by atoms with E-state index in [2.05, 4.69) is 62.4 Å². The van der Waals surface area contributed by atoms with Crippen LogP contribution in [-0.4, -0.2) is 12.1 Å². The van der Waals surface area contributed by atoms with Gasteiger partial charge in [-0.25, -0.2) is 9.18 Å². The Labute approximate surface area is 196 Å². The van der Waals surface area contributed by atoms with Gasteiger partial charge < -0.3 is 4.74 Å². The van der Waals surface area contributed by atoms with Crippen molar-refractivity contribution in [3.8, 4) is 11.1 Å². The highest BCUT2D eigenvalue weighted by Crippen LogP contribution is 2.33. The molecular formula is C30H33FO2. The molecule has 1 aliphatic heterocycles. The third-order valence-electron chi connectivity index (χ3n) is 6.78. The van der Waals surface area contributed by atoms with Gasteiger partial charge in [0.2, 0.25) is 0 Å². The highest BCUT2D eigenvalue weighted by atomic mass is 19.1. The van der Waals surface area contributed by atoms with Crippen molar-refractivity contribution in [2.24, 2.45) is 0 Å². The first-order valence-electron chi connectivity index (χ1n) is 12.2. The van der Waals surface area contributed by atoms with Crippen LogP contribution in [0.15, 0.2) is 60.7 Å². The second-order valence-corrected chi connectivity index (χ2v) is 9.17. The first-order chi connectivity index (χ1) is 16.0. The number of halogens is 1. The summed E-state index contributed by atoms with van der Waals surface area (Å²) < 4.78 is 20.9. The lowest BCUT2D eigenvalue weighted by Gasteiger charge is -2.26. The van der Waals surface area contributed by atoms with Crippen LogP contribution in [0.25, 0.3) is 11.1 Å². The van der Waals surface area contributed by atoms with E-state index in [4.69, 9.17) is 4.74 Å². The zero-order chi connectivity index (χ0) is 23.4. The van der Waals surface area contributed by atoms with E-state index in [-0.39, 0.29) is 17.6 Å². The van der Waals surface area contributed by atoms with Crippen molar-refractivity contribution in [1.82, 2.24) is 0 Å². The quantitative estimate of drug-likeness (QED) is 0.330. The minimum Gasteiger partial charge on any atom is -0.458 e. The number of hydrogen-bond donors (Lipinski definition) is 0. The number of unbranched alkanes of at least 4 members (excludes halogenated alkanes) is 1. The van der Waals surface area contributed by atoms with Crippen molar-refractivity contribution in [3.05, 3.63) is 94.3 Å². The maximum absolute atomic E-state index is 15.4. The number of fused-ring (bicyclic) bond motifs is 1. The molecule has 172 valence electrons. The molecule has 3 heteroatoms. The molecule has 0 N–H and O–H groups in total. The Hall–Kier alpha value is -2.94. The molecule has 0 bridgehead atoms. The molecule has 2 unspecified atom stereocenters. The average molecular weight is 445 g/mol. The van der Waals surface area contributed by atoms with Crippen molar-refractivity contribution < 1.29 is 13.9 Å². The molecular weight excluding hydrogens is 411 g/mol. The predicted octanol–water partition coefficient (Wildman–Crippen LogP) is 7.87. The van der Waals surface area contributed by atoms with Crippen LogP contribution in [0.5, 0.6) is 0 Å².